The normalized spacial score (nSPS) is 10.4. The third kappa shape index (κ3) is 3.69. The van der Waals surface area contributed by atoms with Crippen molar-refractivity contribution in [2.45, 2.75) is 20.0 Å². The van der Waals surface area contributed by atoms with Crippen LogP contribution in [-0.2, 0) is 13.1 Å². The van der Waals surface area contributed by atoms with E-state index in [1.165, 1.54) is 12.1 Å². The molecule has 0 spiro atoms. The van der Waals surface area contributed by atoms with Gasteiger partial charge in [0.05, 0.1) is 15.1 Å². The molecule has 1 N–H and O–H groups in total. The van der Waals surface area contributed by atoms with Gasteiger partial charge in [0.2, 0.25) is 0 Å². The van der Waals surface area contributed by atoms with Crippen molar-refractivity contribution in [3.8, 4) is 0 Å². The maximum absolute atomic E-state index is 11.5. The van der Waals surface area contributed by atoms with Gasteiger partial charge in [-0.3, -0.25) is 14.9 Å². The van der Waals surface area contributed by atoms with E-state index in [9.17, 15) is 14.9 Å². The van der Waals surface area contributed by atoms with E-state index in [1.54, 1.807) is 29.0 Å². The molecule has 110 valence electrons. The summed E-state index contributed by atoms with van der Waals surface area (Å²) < 4.78 is 2.04. The van der Waals surface area contributed by atoms with Crippen molar-refractivity contribution >= 4 is 27.3 Å². The van der Waals surface area contributed by atoms with Crippen LogP contribution in [0.25, 0.3) is 0 Å². The van der Waals surface area contributed by atoms with Gasteiger partial charge in [-0.25, -0.2) is 0 Å². The monoisotopic (exact) mass is 351 g/mol. The number of hydrogen-bond acceptors (Lipinski definition) is 4. The summed E-state index contributed by atoms with van der Waals surface area (Å²) in [6, 6.07) is 8.17. The number of nitro benzene ring substituents is 1. The van der Waals surface area contributed by atoms with Gasteiger partial charge in [0.25, 0.3) is 11.2 Å². The Labute approximate surface area is 129 Å². The minimum atomic E-state index is -0.426. The van der Waals surface area contributed by atoms with Crippen LogP contribution in [-0.4, -0.2) is 9.49 Å². The van der Waals surface area contributed by atoms with Crippen molar-refractivity contribution in [1.82, 2.24) is 4.57 Å². The highest BCUT2D eigenvalue weighted by Crippen LogP contribution is 2.25. The molecule has 0 bridgehead atoms. The summed E-state index contributed by atoms with van der Waals surface area (Å²) in [4.78, 5) is 21.9. The summed E-state index contributed by atoms with van der Waals surface area (Å²) in [6.45, 7) is 2.93. The molecule has 2 aromatic rings. The molecular formula is C14H14BrN3O3. The number of nitro groups is 1. The zero-order valence-electron chi connectivity index (χ0n) is 11.4. The first-order chi connectivity index (χ1) is 10.0. The standard InChI is InChI=1S/C14H14BrN3O3/c1-2-17-9-11(4-6-14(17)19)16-8-10-3-5-12(15)13(7-10)18(20)21/h3-7,9,16H,2,8H2,1H3. The molecule has 0 unspecified atom stereocenters. The van der Waals surface area contributed by atoms with Gasteiger partial charge in [0.15, 0.2) is 0 Å². The van der Waals surface area contributed by atoms with Crippen LogP contribution in [0.2, 0.25) is 0 Å². The third-order valence-electron chi connectivity index (χ3n) is 3.03. The smallest absolute Gasteiger partial charge is 0.283 e. The summed E-state index contributed by atoms with van der Waals surface area (Å²) >= 11 is 3.15. The highest BCUT2D eigenvalue weighted by atomic mass is 79.9. The van der Waals surface area contributed by atoms with E-state index in [0.717, 1.165) is 11.3 Å². The van der Waals surface area contributed by atoms with Gasteiger partial charge >= 0.3 is 0 Å². The molecule has 1 aromatic heterocycles. The van der Waals surface area contributed by atoms with Gasteiger partial charge in [0.1, 0.15) is 0 Å². The van der Waals surface area contributed by atoms with Crippen molar-refractivity contribution in [1.29, 1.82) is 0 Å². The zero-order chi connectivity index (χ0) is 15.4. The van der Waals surface area contributed by atoms with Gasteiger partial charge in [-0.05, 0) is 40.5 Å². The number of benzene rings is 1. The molecule has 0 aliphatic rings. The van der Waals surface area contributed by atoms with Crippen LogP contribution >= 0.6 is 15.9 Å². The van der Waals surface area contributed by atoms with Crippen molar-refractivity contribution < 1.29 is 4.92 Å². The van der Waals surface area contributed by atoms with Crippen LogP contribution in [0, 0.1) is 10.1 Å². The van der Waals surface area contributed by atoms with E-state index in [4.69, 9.17) is 0 Å². The molecule has 2 rings (SSSR count). The van der Waals surface area contributed by atoms with E-state index in [-0.39, 0.29) is 11.2 Å². The Balaban J connectivity index is 2.15. The zero-order valence-corrected chi connectivity index (χ0v) is 13.0. The molecule has 6 nitrogen and oxygen atoms in total. The average molecular weight is 352 g/mol. The fourth-order valence-electron chi connectivity index (χ4n) is 1.90. The largest absolute Gasteiger partial charge is 0.380 e. The minimum absolute atomic E-state index is 0.0350. The van der Waals surface area contributed by atoms with E-state index < -0.39 is 4.92 Å². The number of aryl methyl sites for hydroxylation is 1. The Morgan fingerprint density at radius 3 is 2.76 bits per heavy atom. The lowest BCUT2D eigenvalue weighted by atomic mass is 10.2. The number of anilines is 1. The molecule has 0 amide bonds. The molecular weight excluding hydrogens is 338 g/mol. The van der Waals surface area contributed by atoms with Crippen molar-refractivity contribution in [2.75, 3.05) is 5.32 Å². The Morgan fingerprint density at radius 2 is 2.10 bits per heavy atom. The lowest BCUT2D eigenvalue weighted by molar-refractivity contribution is -0.385. The van der Waals surface area contributed by atoms with Gasteiger partial charge < -0.3 is 9.88 Å². The fourth-order valence-corrected chi connectivity index (χ4v) is 2.29. The Kier molecular flexibility index (Phi) is 4.74. The number of nitrogens with one attached hydrogen (secondary N) is 1. The molecule has 0 radical (unpaired) electrons. The predicted octanol–water partition coefficient (Wildman–Crippen LogP) is 3.15. The number of halogens is 1. The number of pyridine rings is 1. The highest BCUT2D eigenvalue weighted by Gasteiger charge is 2.12. The maximum Gasteiger partial charge on any atom is 0.283 e. The number of aromatic nitrogens is 1. The minimum Gasteiger partial charge on any atom is -0.380 e. The highest BCUT2D eigenvalue weighted by molar-refractivity contribution is 9.10. The molecule has 0 aliphatic heterocycles. The maximum atomic E-state index is 11.5. The molecule has 0 saturated heterocycles. The molecule has 7 heteroatoms. The second kappa shape index (κ2) is 6.53. The second-order valence-corrected chi connectivity index (χ2v) is 5.29. The first-order valence-electron chi connectivity index (χ1n) is 6.38. The van der Waals surface area contributed by atoms with Crippen LogP contribution in [0.15, 0.2) is 45.8 Å². The van der Waals surface area contributed by atoms with Crippen molar-refractivity contribution in [3.05, 3.63) is 67.0 Å². The molecule has 0 fully saturated rings. The summed E-state index contributed by atoms with van der Waals surface area (Å²) in [6.07, 6.45) is 1.73. The van der Waals surface area contributed by atoms with Crippen molar-refractivity contribution in [3.63, 3.8) is 0 Å². The summed E-state index contributed by atoms with van der Waals surface area (Å²) in [5.41, 5.74) is 1.57. The molecule has 0 atom stereocenters. The van der Waals surface area contributed by atoms with Crippen LogP contribution in [0.4, 0.5) is 11.4 Å². The summed E-state index contributed by atoms with van der Waals surface area (Å²) in [7, 11) is 0. The third-order valence-corrected chi connectivity index (χ3v) is 3.70. The SMILES string of the molecule is CCn1cc(NCc2ccc(Br)c([N+](=O)[O-])c2)ccc1=O. The second-order valence-electron chi connectivity index (χ2n) is 4.44. The Bertz CT molecular complexity index is 728. The first-order valence-corrected chi connectivity index (χ1v) is 7.17. The molecule has 0 saturated carbocycles. The molecule has 21 heavy (non-hydrogen) atoms. The predicted molar refractivity (Wildman–Crippen MR) is 84.5 cm³/mol. The van der Waals surface area contributed by atoms with Crippen LogP contribution in [0.3, 0.4) is 0 Å². The summed E-state index contributed by atoms with van der Waals surface area (Å²) in [5.74, 6) is 0. The number of rotatable bonds is 5. The van der Waals surface area contributed by atoms with Gasteiger partial charge in [-0.1, -0.05) is 6.07 Å². The van der Waals surface area contributed by atoms with Gasteiger partial charge in [0, 0.05) is 31.4 Å². The topological polar surface area (TPSA) is 77.2 Å². The quantitative estimate of drug-likeness (QED) is 0.662. The Hall–Kier alpha value is -2.15. The lowest BCUT2D eigenvalue weighted by Gasteiger charge is -2.09. The average Bonchev–Trinajstić information content (AvgIpc) is 2.47. The van der Waals surface area contributed by atoms with Crippen LogP contribution in [0.5, 0.6) is 0 Å². The number of hydrogen-bond donors (Lipinski definition) is 1. The lowest BCUT2D eigenvalue weighted by Crippen LogP contribution is -2.17. The van der Waals surface area contributed by atoms with E-state index in [2.05, 4.69) is 21.2 Å². The van der Waals surface area contributed by atoms with Gasteiger partial charge in [-0.15, -0.1) is 0 Å². The van der Waals surface area contributed by atoms with E-state index in [0.29, 0.717) is 17.6 Å². The molecule has 0 aliphatic carbocycles. The molecule has 1 aromatic carbocycles. The fraction of sp³-hybridized carbons (Fsp3) is 0.214. The Morgan fingerprint density at radius 1 is 1.33 bits per heavy atom. The number of nitrogens with zero attached hydrogens (tertiary/aromatic N) is 2. The van der Waals surface area contributed by atoms with E-state index in [1.807, 2.05) is 6.92 Å². The summed E-state index contributed by atoms with van der Waals surface area (Å²) in [5, 5.41) is 14.0. The molecule has 1 heterocycles. The van der Waals surface area contributed by atoms with Crippen LogP contribution in [0.1, 0.15) is 12.5 Å². The van der Waals surface area contributed by atoms with Crippen LogP contribution < -0.4 is 10.9 Å². The van der Waals surface area contributed by atoms with E-state index >= 15 is 0 Å². The van der Waals surface area contributed by atoms with Gasteiger partial charge in [-0.2, -0.15) is 0 Å². The van der Waals surface area contributed by atoms with Crippen molar-refractivity contribution in [2.24, 2.45) is 0 Å². The first kappa shape index (κ1) is 15.2.